The summed E-state index contributed by atoms with van der Waals surface area (Å²) in [5, 5.41) is 3.39. The third-order valence-electron chi connectivity index (χ3n) is 4.03. The van der Waals surface area contributed by atoms with Gasteiger partial charge in [-0.25, -0.2) is 0 Å². The molecule has 17 heavy (non-hydrogen) atoms. The zero-order chi connectivity index (χ0) is 12.1. The molecule has 1 heterocycles. The summed E-state index contributed by atoms with van der Waals surface area (Å²) in [5.74, 6) is 0.740. The van der Waals surface area contributed by atoms with E-state index in [1.807, 2.05) is 6.07 Å². The van der Waals surface area contributed by atoms with Crippen molar-refractivity contribution in [2.75, 3.05) is 19.7 Å². The Morgan fingerprint density at radius 1 is 1.24 bits per heavy atom. The van der Waals surface area contributed by atoms with Crippen LogP contribution >= 0.6 is 0 Å². The molecule has 2 heteroatoms. The lowest BCUT2D eigenvalue weighted by Gasteiger charge is -2.46. The second-order valence-electron chi connectivity index (χ2n) is 5.41. The van der Waals surface area contributed by atoms with Gasteiger partial charge in [0.05, 0.1) is 6.61 Å². The summed E-state index contributed by atoms with van der Waals surface area (Å²) in [6, 6.07) is 10.4. The molecule has 0 aromatic heterocycles. The van der Waals surface area contributed by atoms with Gasteiger partial charge in [-0.05, 0) is 23.3 Å². The van der Waals surface area contributed by atoms with Crippen LogP contribution in [0.5, 0.6) is 0 Å². The monoisotopic (exact) mass is 233 g/mol. The fourth-order valence-corrected chi connectivity index (χ4v) is 2.36. The van der Waals surface area contributed by atoms with E-state index < -0.39 is 0 Å². The Balaban J connectivity index is 1.69. The molecule has 1 N–H and O–H groups in total. The molecule has 1 aliphatic heterocycles. The molecule has 0 saturated carbocycles. The van der Waals surface area contributed by atoms with Crippen LogP contribution in [0.3, 0.4) is 0 Å². The average molecular weight is 233 g/mol. The Hall–Kier alpha value is -0.860. The summed E-state index contributed by atoms with van der Waals surface area (Å²) < 4.78 is 5.77. The Labute approximate surface area is 104 Å². The first-order chi connectivity index (χ1) is 8.23. The van der Waals surface area contributed by atoms with E-state index in [1.165, 1.54) is 12.0 Å². The molecular formula is C15H23NO. The summed E-state index contributed by atoms with van der Waals surface area (Å²) in [4.78, 5) is 0. The molecule has 0 unspecified atom stereocenters. The van der Waals surface area contributed by atoms with Crippen molar-refractivity contribution in [2.45, 2.75) is 26.9 Å². The van der Waals surface area contributed by atoms with Gasteiger partial charge in [-0.3, -0.25) is 0 Å². The minimum Gasteiger partial charge on any atom is -0.377 e. The minimum absolute atomic E-state index is 0.483. The van der Waals surface area contributed by atoms with Crippen LogP contribution in [0.15, 0.2) is 30.3 Å². The third kappa shape index (κ3) is 3.08. The van der Waals surface area contributed by atoms with Crippen LogP contribution in [0, 0.1) is 11.3 Å². The van der Waals surface area contributed by atoms with Crippen LogP contribution in [0.1, 0.15) is 25.8 Å². The maximum Gasteiger partial charge on any atom is 0.0716 e. The van der Waals surface area contributed by atoms with Gasteiger partial charge in [0.2, 0.25) is 0 Å². The number of nitrogens with one attached hydrogen (secondary N) is 1. The van der Waals surface area contributed by atoms with Crippen molar-refractivity contribution in [1.82, 2.24) is 5.32 Å². The van der Waals surface area contributed by atoms with Gasteiger partial charge in [-0.1, -0.05) is 44.2 Å². The number of benzene rings is 1. The van der Waals surface area contributed by atoms with E-state index >= 15 is 0 Å². The first kappa shape index (κ1) is 12.6. The van der Waals surface area contributed by atoms with Gasteiger partial charge in [0, 0.05) is 19.7 Å². The number of hydrogen-bond acceptors (Lipinski definition) is 2. The molecule has 1 fully saturated rings. The summed E-state index contributed by atoms with van der Waals surface area (Å²) in [7, 11) is 0. The van der Waals surface area contributed by atoms with Crippen LogP contribution in [0.2, 0.25) is 0 Å². The highest BCUT2D eigenvalue weighted by Gasteiger charge is 2.39. The summed E-state index contributed by atoms with van der Waals surface area (Å²) in [6.45, 7) is 8.55. The first-order valence-electron chi connectivity index (χ1n) is 6.55. The Morgan fingerprint density at radius 3 is 2.47 bits per heavy atom. The smallest absolute Gasteiger partial charge is 0.0716 e. The molecule has 1 saturated heterocycles. The van der Waals surface area contributed by atoms with E-state index in [4.69, 9.17) is 4.74 Å². The van der Waals surface area contributed by atoms with E-state index in [9.17, 15) is 0 Å². The number of ether oxygens (including phenoxy) is 1. The lowest BCUT2D eigenvalue weighted by Crippen LogP contribution is -2.56. The van der Waals surface area contributed by atoms with E-state index in [2.05, 4.69) is 43.4 Å². The van der Waals surface area contributed by atoms with E-state index in [0.717, 1.165) is 32.2 Å². The maximum absolute atomic E-state index is 5.77. The molecule has 1 aromatic rings. The molecule has 1 aromatic carbocycles. The second-order valence-corrected chi connectivity index (χ2v) is 5.41. The van der Waals surface area contributed by atoms with Gasteiger partial charge in [0.25, 0.3) is 0 Å². The molecule has 0 spiro atoms. The first-order valence-corrected chi connectivity index (χ1v) is 6.55. The van der Waals surface area contributed by atoms with Gasteiger partial charge in [-0.2, -0.15) is 0 Å². The van der Waals surface area contributed by atoms with Crippen LogP contribution in [-0.2, 0) is 11.3 Å². The lowest BCUT2D eigenvalue weighted by atomic mass is 9.70. The molecule has 0 aliphatic carbocycles. The van der Waals surface area contributed by atoms with Crippen LogP contribution < -0.4 is 5.32 Å². The normalized spacial score (nSPS) is 18.1. The van der Waals surface area contributed by atoms with Gasteiger partial charge >= 0.3 is 0 Å². The lowest BCUT2D eigenvalue weighted by molar-refractivity contribution is 0.0283. The quantitative estimate of drug-likeness (QED) is 0.763. The number of hydrogen-bond donors (Lipinski definition) is 1. The number of rotatable bonds is 6. The predicted octanol–water partition coefficient (Wildman–Crippen LogP) is 2.84. The molecule has 0 amide bonds. The molecule has 0 atom stereocenters. The average Bonchev–Trinajstić information content (AvgIpc) is 2.27. The third-order valence-corrected chi connectivity index (χ3v) is 4.03. The van der Waals surface area contributed by atoms with Crippen molar-refractivity contribution in [1.29, 1.82) is 0 Å². The fraction of sp³-hybridized carbons (Fsp3) is 0.600. The standard InChI is InChI=1S/C15H23NO/c1-13(2)15(11-16-12-15)8-9-17-10-14-6-4-3-5-7-14/h3-7,13,16H,8-12H2,1-2H3. The van der Waals surface area contributed by atoms with E-state index in [0.29, 0.717) is 5.41 Å². The topological polar surface area (TPSA) is 21.3 Å². The van der Waals surface area contributed by atoms with Crippen molar-refractivity contribution in [3.63, 3.8) is 0 Å². The van der Waals surface area contributed by atoms with Gasteiger partial charge in [0.15, 0.2) is 0 Å². The van der Waals surface area contributed by atoms with E-state index in [1.54, 1.807) is 0 Å². The van der Waals surface area contributed by atoms with Gasteiger partial charge in [0.1, 0.15) is 0 Å². The molecule has 1 aliphatic rings. The highest BCUT2D eigenvalue weighted by Crippen LogP contribution is 2.35. The highest BCUT2D eigenvalue weighted by atomic mass is 16.5. The van der Waals surface area contributed by atoms with Crippen LogP contribution in [0.4, 0.5) is 0 Å². The molecule has 0 bridgehead atoms. The van der Waals surface area contributed by atoms with Crippen molar-refractivity contribution < 1.29 is 4.74 Å². The molecule has 2 nitrogen and oxygen atoms in total. The van der Waals surface area contributed by atoms with Crippen molar-refractivity contribution >= 4 is 0 Å². The van der Waals surface area contributed by atoms with Crippen molar-refractivity contribution in [3.05, 3.63) is 35.9 Å². The predicted molar refractivity (Wildman–Crippen MR) is 70.9 cm³/mol. The second kappa shape index (κ2) is 5.65. The van der Waals surface area contributed by atoms with Crippen LogP contribution in [-0.4, -0.2) is 19.7 Å². The molecule has 2 rings (SSSR count). The minimum atomic E-state index is 0.483. The molecular weight excluding hydrogens is 210 g/mol. The maximum atomic E-state index is 5.77. The Bertz CT molecular complexity index is 330. The zero-order valence-corrected chi connectivity index (χ0v) is 10.9. The Kier molecular flexibility index (Phi) is 4.19. The molecule has 94 valence electrons. The fourth-order valence-electron chi connectivity index (χ4n) is 2.36. The zero-order valence-electron chi connectivity index (χ0n) is 10.9. The van der Waals surface area contributed by atoms with E-state index in [-0.39, 0.29) is 0 Å². The summed E-state index contributed by atoms with van der Waals surface area (Å²) in [5.41, 5.74) is 1.74. The van der Waals surface area contributed by atoms with Gasteiger partial charge < -0.3 is 10.1 Å². The molecule has 0 radical (unpaired) electrons. The van der Waals surface area contributed by atoms with Crippen molar-refractivity contribution in [2.24, 2.45) is 11.3 Å². The highest BCUT2D eigenvalue weighted by molar-refractivity contribution is 5.13. The van der Waals surface area contributed by atoms with Crippen LogP contribution in [0.25, 0.3) is 0 Å². The Morgan fingerprint density at radius 2 is 1.94 bits per heavy atom. The largest absolute Gasteiger partial charge is 0.377 e. The SMILES string of the molecule is CC(C)C1(CCOCc2ccccc2)CNC1. The summed E-state index contributed by atoms with van der Waals surface area (Å²) in [6.07, 6.45) is 1.17. The van der Waals surface area contributed by atoms with Crippen molar-refractivity contribution in [3.8, 4) is 0 Å². The van der Waals surface area contributed by atoms with Gasteiger partial charge in [-0.15, -0.1) is 0 Å². The summed E-state index contributed by atoms with van der Waals surface area (Å²) >= 11 is 0.